The standard InChI is InChI=1S/C17H29FN2/c1-3-11-19-12-6-4-5-7-13-20(2)15-16-9-8-10-17(18)14-16/h8-10,14,19H,3-7,11-13,15H2,1-2H3. The zero-order valence-electron chi connectivity index (χ0n) is 13.0. The molecule has 0 bridgehead atoms. The number of hydrogen-bond acceptors (Lipinski definition) is 2. The second kappa shape index (κ2) is 10.8. The zero-order valence-corrected chi connectivity index (χ0v) is 13.0. The van der Waals surface area contributed by atoms with Crippen LogP contribution in [-0.4, -0.2) is 31.6 Å². The number of nitrogens with one attached hydrogen (secondary N) is 1. The molecule has 1 aromatic carbocycles. The second-order valence-corrected chi connectivity index (χ2v) is 5.53. The molecule has 0 aliphatic heterocycles. The molecule has 1 aromatic rings. The lowest BCUT2D eigenvalue weighted by molar-refractivity contribution is 0.316. The van der Waals surface area contributed by atoms with Gasteiger partial charge in [-0.3, -0.25) is 0 Å². The number of benzene rings is 1. The van der Waals surface area contributed by atoms with Crippen LogP contribution in [0.25, 0.3) is 0 Å². The number of unbranched alkanes of at least 4 members (excludes halogenated alkanes) is 3. The van der Waals surface area contributed by atoms with Gasteiger partial charge < -0.3 is 10.2 Å². The fourth-order valence-electron chi connectivity index (χ4n) is 2.31. The minimum Gasteiger partial charge on any atom is -0.317 e. The highest BCUT2D eigenvalue weighted by molar-refractivity contribution is 5.15. The number of hydrogen-bond donors (Lipinski definition) is 1. The molecule has 3 heteroatoms. The molecule has 0 heterocycles. The molecule has 1 N–H and O–H groups in total. The summed E-state index contributed by atoms with van der Waals surface area (Å²) >= 11 is 0. The molecule has 0 atom stereocenters. The van der Waals surface area contributed by atoms with Crippen LogP contribution in [0, 0.1) is 5.82 Å². The first-order valence-electron chi connectivity index (χ1n) is 7.86. The van der Waals surface area contributed by atoms with E-state index in [2.05, 4.69) is 24.2 Å². The lowest BCUT2D eigenvalue weighted by Crippen LogP contribution is -2.19. The van der Waals surface area contributed by atoms with Crippen molar-refractivity contribution in [2.24, 2.45) is 0 Å². The Balaban J connectivity index is 2.01. The van der Waals surface area contributed by atoms with Crippen molar-refractivity contribution in [3.8, 4) is 0 Å². The van der Waals surface area contributed by atoms with Gasteiger partial charge in [0.15, 0.2) is 0 Å². The predicted molar refractivity (Wildman–Crippen MR) is 84.4 cm³/mol. The Kier molecular flexibility index (Phi) is 9.25. The molecule has 1 rings (SSSR count). The summed E-state index contributed by atoms with van der Waals surface area (Å²) in [6.07, 6.45) is 6.28. The second-order valence-electron chi connectivity index (χ2n) is 5.53. The molecule has 0 aliphatic carbocycles. The van der Waals surface area contributed by atoms with Crippen LogP contribution in [-0.2, 0) is 6.54 Å². The van der Waals surface area contributed by atoms with E-state index in [1.165, 1.54) is 38.2 Å². The van der Waals surface area contributed by atoms with Crippen LogP contribution < -0.4 is 5.32 Å². The topological polar surface area (TPSA) is 15.3 Å². The monoisotopic (exact) mass is 280 g/mol. The van der Waals surface area contributed by atoms with Gasteiger partial charge in [0.05, 0.1) is 0 Å². The molecular formula is C17H29FN2. The van der Waals surface area contributed by atoms with Crippen molar-refractivity contribution in [2.75, 3.05) is 26.7 Å². The maximum Gasteiger partial charge on any atom is 0.123 e. The van der Waals surface area contributed by atoms with Gasteiger partial charge in [0.1, 0.15) is 5.82 Å². The van der Waals surface area contributed by atoms with Gasteiger partial charge in [-0.1, -0.05) is 31.9 Å². The molecule has 2 nitrogen and oxygen atoms in total. The summed E-state index contributed by atoms with van der Waals surface area (Å²) in [4.78, 5) is 2.27. The average Bonchev–Trinajstić information content (AvgIpc) is 2.42. The molecule has 20 heavy (non-hydrogen) atoms. The van der Waals surface area contributed by atoms with Gasteiger partial charge in [-0.2, -0.15) is 0 Å². The molecule has 0 fully saturated rings. The van der Waals surface area contributed by atoms with E-state index in [0.29, 0.717) is 0 Å². The van der Waals surface area contributed by atoms with Crippen LogP contribution in [0.2, 0.25) is 0 Å². The minimum absolute atomic E-state index is 0.143. The highest BCUT2D eigenvalue weighted by atomic mass is 19.1. The van der Waals surface area contributed by atoms with Gasteiger partial charge >= 0.3 is 0 Å². The Morgan fingerprint density at radius 1 is 1.10 bits per heavy atom. The highest BCUT2D eigenvalue weighted by Crippen LogP contribution is 2.07. The largest absolute Gasteiger partial charge is 0.317 e. The zero-order chi connectivity index (χ0) is 14.6. The van der Waals surface area contributed by atoms with Crippen molar-refractivity contribution in [3.63, 3.8) is 0 Å². The third kappa shape index (κ3) is 8.28. The van der Waals surface area contributed by atoms with E-state index >= 15 is 0 Å². The van der Waals surface area contributed by atoms with Crippen molar-refractivity contribution in [1.82, 2.24) is 10.2 Å². The van der Waals surface area contributed by atoms with E-state index in [0.717, 1.165) is 31.7 Å². The van der Waals surface area contributed by atoms with Crippen molar-refractivity contribution in [3.05, 3.63) is 35.6 Å². The Hall–Kier alpha value is -0.930. The number of nitrogens with zero attached hydrogens (tertiary/aromatic N) is 1. The van der Waals surface area contributed by atoms with E-state index in [4.69, 9.17) is 0 Å². The quantitative estimate of drug-likeness (QED) is 0.620. The van der Waals surface area contributed by atoms with E-state index in [1.807, 2.05) is 6.07 Å². The van der Waals surface area contributed by atoms with Crippen LogP contribution in [0.4, 0.5) is 4.39 Å². The van der Waals surface area contributed by atoms with Crippen molar-refractivity contribution in [2.45, 2.75) is 45.6 Å². The fraction of sp³-hybridized carbons (Fsp3) is 0.647. The predicted octanol–water partition coefficient (Wildman–Crippen LogP) is 3.82. The summed E-state index contributed by atoms with van der Waals surface area (Å²) in [7, 11) is 2.10. The summed E-state index contributed by atoms with van der Waals surface area (Å²) in [5, 5.41) is 3.43. The van der Waals surface area contributed by atoms with Crippen LogP contribution in [0.1, 0.15) is 44.6 Å². The van der Waals surface area contributed by atoms with Gasteiger partial charge in [-0.25, -0.2) is 4.39 Å². The molecule has 0 amide bonds. The van der Waals surface area contributed by atoms with Gasteiger partial charge in [0, 0.05) is 6.54 Å². The maximum absolute atomic E-state index is 13.1. The van der Waals surface area contributed by atoms with E-state index in [-0.39, 0.29) is 5.82 Å². The summed E-state index contributed by atoms with van der Waals surface area (Å²) < 4.78 is 13.1. The van der Waals surface area contributed by atoms with Gasteiger partial charge in [0.2, 0.25) is 0 Å². The highest BCUT2D eigenvalue weighted by Gasteiger charge is 2.01. The molecular weight excluding hydrogens is 251 g/mol. The smallest absolute Gasteiger partial charge is 0.123 e. The molecule has 0 spiro atoms. The average molecular weight is 280 g/mol. The van der Waals surface area contributed by atoms with Gasteiger partial charge in [-0.15, -0.1) is 0 Å². The summed E-state index contributed by atoms with van der Waals surface area (Å²) in [6.45, 7) is 6.39. The van der Waals surface area contributed by atoms with Crippen LogP contribution in [0.3, 0.4) is 0 Å². The van der Waals surface area contributed by atoms with Gasteiger partial charge in [-0.05, 0) is 63.6 Å². The molecule has 0 aromatic heterocycles. The Bertz CT molecular complexity index is 355. The van der Waals surface area contributed by atoms with Crippen LogP contribution >= 0.6 is 0 Å². The van der Waals surface area contributed by atoms with Crippen molar-refractivity contribution in [1.29, 1.82) is 0 Å². The number of rotatable bonds is 11. The maximum atomic E-state index is 13.1. The molecule has 114 valence electrons. The normalized spacial score (nSPS) is 11.2. The first kappa shape index (κ1) is 17.1. The first-order chi connectivity index (χ1) is 9.72. The van der Waals surface area contributed by atoms with Crippen LogP contribution in [0.5, 0.6) is 0 Å². The van der Waals surface area contributed by atoms with Crippen LogP contribution in [0.15, 0.2) is 24.3 Å². The Labute approximate surface area is 123 Å². The van der Waals surface area contributed by atoms with E-state index in [1.54, 1.807) is 12.1 Å². The molecule has 0 aliphatic rings. The molecule has 0 saturated heterocycles. The molecule has 0 saturated carbocycles. The third-order valence-corrected chi connectivity index (χ3v) is 3.41. The summed E-state index contributed by atoms with van der Waals surface area (Å²) in [6, 6.07) is 6.88. The van der Waals surface area contributed by atoms with Gasteiger partial charge in [0.25, 0.3) is 0 Å². The number of halogens is 1. The van der Waals surface area contributed by atoms with E-state index < -0.39 is 0 Å². The lowest BCUT2D eigenvalue weighted by atomic mass is 10.1. The summed E-state index contributed by atoms with van der Waals surface area (Å²) in [5.41, 5.74) is 1.05. The Morgan fingerprint density at radius 3 is 2.65 bits per heavy atom. The van der Waals surface area contributed by atoms with Crippen molar-refractivity contribution < 1.29 is 4.39 Å². The fourth-order valence-corrected chi connectivity index (χ4v) is 2.31. The minimum atomic E-state index is -0.143. The Morgan fingerprint density at radius 2 is 1.90 bits per heavy atom. The molecule has 0 radical (unpaired) electrons. The SMILES string of the molecule is CCCNCCCCCCN(C)Cc1cccc(F)c1. The molecule has 0 unspecified atom stereocenters. The lowest BCUT2D eigenvalue weighted by Gasteiger charge is -2.16. The third-order valence-electron chi connectivity index (χ3n) is 3.41. The summed E-state index contributed by atoms with van der Waals surface area (Å²) in [5.74, 6) is -0.143. The van der Waals surface area contributed by atoms with Crippen molar-refractivity contribution >= 4 is 0 Å². The first-order valence-corrected chi connectivity index (χ1v) is 7.86. The van der Waals surface area contributed by atoms with E-state index in [9.17, 15) is 4.39 Å².